The Kier molecular flexibility index (Phi) is 28.3. The molecule has 0 bridgehead atoms. The van der Waals surface area contributed by atoms with Crippen LogP contribution in [0.3, 0.4) is 0 Å². The predicted octanol–water partition coefficient (Wildman–Crippen LogP) is -11.5. The van der Waals surface area contributed by atoms with Gasteiger partial charge >= 0.3 is 68.9 Å². The van der Waals surface area contributed by atoms with Crippen molar-refractivity contribution in [3.8, 4) is 0 Å². The van der Waals surface area contributed by atoms with Crippen LogP contribution in [0.4, 0.5) is 0 Å². The molecule has 0 unspecified atom stereocenters. The molecule has 0 aliphatic carbocycles. The molecule has 13 heavy (non-hydrogen) atoms. The number of rotatable bonds is 0. The Morgan fingerprint density at radius 1 is 0.538 bits per heavy atom. The standard InChI is InChI=1S/Ca.2O4Si.H2O.U/c;2*1-5(2,3)4;;/h;;;1H2;/q+2;2*-4;;+6. The molecule has 0 saturated carbocycles. The quantitative estimate of drug-likeness (QED) is 0.303. The van der Waals surface area contributed by atoms with Crippen LogP contribution in [0.5, 0.6) is 0 Å². The molecule has 0 rings (SSSR count). The smallest absolute Gasteiger partial charge is 0.894 e. The summed E-state index contributed by atoms with van der Waals surface area (Å²) in [4.78, 5) is 68.6. The molecule has 70 valence electrons. The normalized spacial score (nSPS) is 9.23. The minimum absolute atomic E-state index is 0. The van der Waals surface area contributed by atoms with Crippen LogP contribution >= 0.6 is 0 Å². The summed E-state index contributed by atoms with van der Waals surface area (Å²) in [6.45, 7) is 0. The van der Waals surface area contributed by atoms with E-state index in [1.165, 1.54) is 0 Å². The molecule has 0 saturated heterocycles. The van der Waals surface area contributed by atoms with Crippen molar-refractivity contribution >= 4 is 55.8 Å². The molecule has 0 spiro atoms. The first-order valence-corrected chi connectivity index (χ1v) is 4.90. The Bertz CT molecular complexity index is 60.6. The van der Waals surface area contributed by atoms with Gasteiger partial charge in [0, 0.05) is 0 Å². The van der Waals surface area contributed by atoms with Crippen LogP contribution < -0.4 is 38.4 Å². The monoisotopic (exact) mass is 480 g/mol. The fraction of sp³-hybridized carbons (Fsp3) is 0. The van der Waals surface area contributed by atoms with Crippen LogP contribution in [-0.2, 0) is 0 Å². The molecule has 0 radical (unpaired) electrons. The molecule has 0 aromatic carbocycles. The minimum atomic E-state index is -5.61. The van der Waals surface area contributed by atoms with Gasteiger partial charge < -0.3 is 61.9 Å². The van der Waals surface area contributed by atoms with Crippen molar-refractivity contribution in [2.45, 2.75) is 0 Å². The molecule has 0 amide bonds. The van der Waals surface area contributed by atoms with Crippen LogP contribution in [0.25, 0.3) is 0 Å². The average molecular weight is 480 g/mol. The van der Waals surface area contributed by atoms with Gasteiger partial charge in [0.2, 0.25) is 0 Å². The van der Waals surface area contributed by atoms with E-state index in [0.717, 1.165) is 0 Å². The van der Waals surface area contributed by atoms with Crippen LogP contribution in [-0.4, -0.2) is 61.3 Å². The summed E-state index contributed by atoms with van der Waals surface area (Å²) in [7, 11) is -11.2. The van der Waals surface area contributed by atoms with Crippen LogP contribution in [0.1, 0.15) is 0 Å². The summed E-state index contributed by atoms with van der Waals surface area (Å²) in [6.07, 6.45) is 0. The van der Waals surface area contributed by atoms with E-state index >= 15 is 0 Å². The third-order valence-corrected chi connectivity index (χ3v) is 0. The maximum Gasteiger partial charge on any atom is 6.00 e. The molecule has 0 aromatic heterocycles. The van der Waals surface area contributed by atoms with Crippen LogP contribution in [0.15, 0.2) is 0 Å². The van der Waals surface area contributed by atoms with E-state index in [9.17, 15) is 0 Å². The number of hydrogen-bond acceptors (Lipinski definition) is 8. The van der Waals surface area contributed by atoms with E-state index in [1.807, 2.05) is 0 Å². The Morgan fingerprint density at radius 2 is 0.538 bits per heavy atom. The summed E-state index contributed by atoms with van der Waals surface area (Å²) in [6, 6.07) is 0. The average Bonchev–Trinajstić information content (AvgIpc) is 1.12. The van der Waals surface area contributed by atoms with Gasteiger partial charge in [0.05, 0.1) is 0 Å². The second-order valence-corrected chi connectivity index (χ2v) is 3.00. The summed E-state index contributed by atoms with van der Waals surface area (Å²) < 4.78 is 0. The van der Waals surface area contributed by atoms with Gasteiger partial charge in [-0.3, -0.25) is 0 Å². The molecule has 0 aliphatic heterocycles. The molecule has 9 nitrogen and oxygen atoms in total. The second kappa shape index (κ2) is 12.5. The van der Waals surface area contributed by atoms with Gasteiger partial charge in [-0.05, 0) is 0 Å². The van der Waals surface area contributed by atoms with Gasteiger partial charge in [0.15, 0.2) is 0 Å². The molecule has 0 aromatic rings. The molecule has 0 atom stereocenters. The molecule has 2 N–H and O–H groups in total. The second-order valence-electron chi connectivity index (χ2n) is 1.00. The Balaban J connectivity index is -0.0000000267. The maximum absolute atomic E-state index is 8.58. The van der Waals surface area contributed by atoms with Gasteiger partial charge in [-0.25, -0.2) is 0 Å². The van der Waals surface area contributed by atoms with Gasteiger partial charge in [0.25, 0.3) is 0 Å². The zero-order chi connectivity index (χ0) is 9.00. The molecule has 0 heterocycles. The molecule has 0 aliphatic rings. The zero-order valence-corrected chi connectivity index (χ0v) is 14.3. The van der Waals surface area contributed by atoms with Gasteiger partial charge in [-0.2, -0.15) is 0 Å². The van der Waals surface area contributed by atoms with Gasteiger partial charge in [-0.1, -0.05) is 0 Å². The molecule has 0 fully saturated rings. The summed E-state index contributed by atoms with van der Waals surface area (Å²) in [5.74, 6) is 0. The minimum Gasteiger partial charge on any atom is -0.894 e. The van der Waals surface area contributed by atoms with E-state index in [2.05, 4.69) is 0 Å². The fourth-order valence-corrected chi connectivity index (χ4v) is 0. The van der Waals surface area contributed by atoms with Crippen molar-refractivity contribution in [1.29, 1.82) is 0 Å². The summed E-state index contributed by atoms with van der Waals surface area (Å²) in [5.41, 5.74) is 0. The largest absolute Gasteiger partial charge is 6.00 e. The van der Waals surface area contributed by atoms with Crippen molar-refractivity contribution in [2.75, 3.05) is 0 Å². The Labute approximate surface area is 129 Å². The van der Waals surface area contributed by atoms with E-state index in [1.54, 1.807) is 0 Å². The first-order chi connectivity index (χ1) is 4.00. The first kappa shape index (κ1) is 29.5. The topological polar surface area (TPSA) is 216 Å². The SMILES string of the molecule is O.[Ca+2].[O-][Si]([O-])([O-])[O-].[O-][Si]([O-])([O-])[O-].[U+6]. The van der Waals surface area contributed by atoms with E-state index in [-0.39, 0.29) is 74.3 Å². The molecule has 13 heteroatoms. The van der Waals surface area contributed by atoms with Crippen LogP contribution in [0, 0.1) is 31.1 Å². The number of hydrogen-bond donors (Lipinski definition) is 0. The van der Waals surface area contributed by atoms with Crippen molar-refractivity contribution in [2.24, 2.45) is 0 Å². The van der Waals surface area contributed by atoms with Crippen LogP contribution in [0.2, 0.25) is 0 Å². The fourth-order valence-electron chi connectivity index (χ4n) is 0. The Morgan fingerprint density at radius 3 is 0.538 bits per heavy atom. The van der Waals surface area contributed by atoms with Crippen molar-refractivity contribution < 1.29 is 75.0 Å². The van der Waals surface area contributed by atoms with Crippen molar-refractivity contribution in [3.63, 3.8) is 0 Å². The third-order valence-electron chi connectivity index (χ3n) is 0. The third kappa shape index (κ3) is 388. The zero-order valence-electron chi connectivity index (χ0n) is 5.97. The summed E-state index contributed by atoms with van der Waals surface area (Å²) in [5, 5.41) is 0. The summed E-state index contributed by atoms with van der Waals surface area (Å²) >= 11 is 0. The van der Waals surface area contributed by atoms with Gasteiger partial charge in [-0.15, -0.1) is 0 Å². The predicted molar refractivity (Wildman–Crippen MR) is 20.9 cm³/mol. The van der Waals surface area contributed by atoms with E-state index < -0.39 is 18.1 Å². The van der Waals surface area contributed by atoms with Crippen molar-refractivity contribution in [3.05, 3.63) is 0 Å². The Hall–Kier alpha value is 2.39. The maximum atomic E-state index is 8.58. The molecular weight excluding hydrogens is 478 g/mol. The van der Waals surface area contributed by atoms with E-state index in [4.69, 9.17) is 38.4 Å². The van der Waals surface area contributed by atoms with E-state index in [0.29, 0.717) is 0 Å². The van der Waals surface area contributed by atoms with Crippen molar-refractivity contribution in [1.82, 2.24) is 0 Å². The molecular formula is H2CaO9Si2U. The first-order valence-electron chi connectivity index (χ1n) is 1.63. The van der Waals surface area contributed by atoms with Gasteiger partial charge in [0.1, 0.15) is 0 Å².